The third-order valence-corrected chi connectivity index (χ3v) is 6.92. The van der Waals surface area contributed by atoms with Crippen molar-refractivity contribution in [3.8, 4) is 11.6 Å². The number of hydrogen-bond donors (Lipinski definition) is 0. The summed E-state index contributed by atoms with van der Waals surface area (Å²) in [5.74, 6) is -0.727. The van der Waals surface area contributed by atoms with E-state index in [-0.39, 0.29) is 28.7 Å². The van der Waals surface area contributed by atoms with Crippen LogP contribution in [0.4, 0.5) is 13.2 Å². The maximum Gasteiger partial charge on any atom is 0.416 e. The van der Waals surface area contributed by atoms with Gasteiger partial charge in [-0.2, -0.15) is 18.2 Å². The van der Waals surface area contributed by atoms with E-state index in [9.17, 15) is 18.0 Å². The molecule has 2 aromatic heterocycles. The summed E-state index contributed by atoms with van der Waals surface area (Å²) < 4.78 is 53.5. The maximum atomic E-state index is 13.4. The van der Waals surface area contributed by atoms with Crippen LogP contribution in [0.1, 0.15) is 54.4 Å². The van der Waals surface area contributed by atoms with Crippen LogP contribution >= 0.6 is 11.3 Å². The van der Waals surface area contributed by atoms with E-state index in [0.29, 0.717) is 18.0 Å². The minimum Gasteiger partial charge on any atom is -0.438 e. The van der Waals surface area contributed by atoms with Gasteiger partial charge < -0.3 is 14.0 Å². The molecule has 3 heterocycles. The van der Waals surface area contributed by atoms with Crippen molar-refractivity contribution in [1.29, 1.82) is 0 Å². The van der Waals surface area contributed by atoms with Crippen LogP contribution in [0.2, 0.25) is 0 Å². The van der Waals surface area contributed by atoms with Crippen LogP contribution in [-0.4, -0.2) is 28.2 Å². The van der Waals surface area contributed by atoms with Gasteiger partial charge in [0.25, 0.3) is 5.91 Å². The minimum absolute atomic E-state index is 0.00285. The Balaban J connectivity index is 1.77. The fourth-order valence-corrected chi connectivity index (χ4v) is 4.64. The van der Waals surface area contributed by atoms with Gasteiger partial charge >= 0.3 is 6.18 Å². The molecule has 1 aliphatic heterocycles. The van der Waals surface area contributed by atoms with Crippen molar-refractivity contribution in [1.82, 2.24) is 9.55 Å². The summed E-state index contributed by atoms with van der Waals surface area (Å²) in [5, 5.41) is 0. The van der Waals surface area contributed by atoms with Gasteiger partial charge in [-0.3, -0.25) is 4.79 Å². The highest BCUT2D eigenvalue weighted by atomic mass is 32.1. The molecule has 3 aromatic rings. The van der Waals surface area contributed by atoms with Crippen LogP contribution in [0.5, 0.6) is 11.6 Å². The van der Waals surface area contributed by atoms with Crippen molar-refractivity contribution >= 4 is 17.2 Å². The van der Waals surface area contributed by atoms with Gasteiger partial charge in [0.05, 0.1) is 23.8 Å². The molecule has 1 saturated heterocycles. The summed E-state index contributed by atoms with van der Waals surface area (Å²) in [5.41, 5.74) is -1.44. The van der Waals surface area contributed by atoms with Crippen LogP contribution in [0.25, 0.3) is 0 Å². The first-order valence-electron chi connectivity index (χ1n) is 11.2. The number of aromatic nitrogens is 2. The molecule has 6 nitrogen and oxygen atoms in total. The Morgan fingerprint density at radius 3 is 2.69 bits per heavy atom. The molecule has 0 bridgehead atoms. The molecule has 0 aliphatic carbocycles. The Bertz CT molecular complexity index is 1250. The predicted molar refractivity (Wildman–Crippen MR) is 126 cm³/mol. The second-order valence-corrected chi connectivity index (χ2v) is 10.3. The molecule has 10 heteroatoms. The lowest BCUT2D eigenvalue weighted by atomic mass is 9.95. The molecule has 0 saturated carbocycles. The van der Waals surface area contributed by atoms with E-state index in [4.69, 9.17) is 9.47 Å². The van der Waals surface area contributed by atoms with E-state index >= 15 is 0 Å². The SMILES string of the molecule is CC(C)(C)c1cn(C[C@H]2CCCO2)c(=NC(=O)c2cc(C(F)(F)F)ccc2Oc2ccccn2)s1. The fourth-order valence-electron chi connectivity index (χ4n) is 3.58. The van der Waals surface area contributed by atoms with Gasteiger partial charge in [-0.1, -0.05) is 26.8 Å². The first-order valence-corrected chi connectivity index (χ1v) is 12.0. The molecule has 1 amide bonds. The van der Waals surface area contributed by atoms with Crippen molar-refractivity contribution in [2.75, 3.05) is 6.61 Å². The molecule has 1 aliphatic rings. The summed E-state index contributed by atoms with van der Waals surface area (Å²) >= 11 is 1.34. The Hall–Kier alpha value is -2.98. The summed E-state index contributed by atoms with van der Waals surface area (Å²) in [6.07, 6.45) is 0.667. The second kappa shape index (κ2) is 9.94. The Labute approximate surface area is 205 Å². The number of alkyl halides is 3. The highest BCUT2D eigenvalue weighted by Gasteiger charge is 2.32. The first-order chi connectivity index (χ1) is 16.5. The minimum atomic E-state index is -4.62. The zero-order valence-electron chi connectivity index (χ0n) is 19.6. The lowest BCUT2D eigenvalue weighted by molar-refractivity contribution is -0.137. The van der Waals surface area contributed by atoms with Crippen LogP contribution in [0, 0.1) is 0 Å². The number of ether oxygens (including phenoxy) is 2. The fraction of sp³-hybridized carbons (Fsp3) is 0.400. The zero-order valence-corrected chi connectivity index (χ0v) is 20.4. The molecule has 0 radical (unpaired) electrons. The molecule has 1 aromatic carbocycles. The number of carbonyl (C=O) groups excluding carboxylic acids is 1. The van der Waals surface area contributed by atoms with Crippen LogP contribution < -0.4 is 9.54 Å². The number of pyridine rings is 1. The van der Waals surface area contributed by atoms with Crippen LogP contribution in [0.15, 0.2) is 53.8 Å². The molecule has 0 N–H and O–H groups in total. The topological polar surface area (TPSA) is 65.7 Å². The van der Waals surface area contributed by atoms with Crippen molar-refractivity contribution < 1.29 is 27.4 Å². The van der Waals surface area contributed by atoms with Crippen molar-refractivity contribution in [2.24, 2.45) is 4.99 Å². The number of halogens is 3. The van der Waals surface area contributed by atoms with Gasteiger partial charge in [0.2, 0.25) is 5.88 Å². The number of thiazole rings is 1. The first kappa shape index (κ1) is 25.1. The molecular formula is C25H26F3N3O3S. The highest BCUT2D eigenvalue weighted by Crippen LogP contribution is 2.34. The van der Waals surface area contributed by atoms with Crippen molar-refractivity contribution in [3.63, 3.8) is 0 Å². The molecule has 1 atom stereocenters. The normalized spacial score (nSPS) is 17.1. The summed E-state index contributed by atoms with van der Waals surface area (Å²) in [4.78, 5) is 23.0. The molecule has 1 fully saturated rings. The van der Waals surface area contributed by atoms with Crippen LogP contribution in [-0.2, 0) is 22.9 Å². The van der Waals surface area contributed by atoms with E-state index in [1.807, 2.05) is 31.5 Å². The number of carbonyl (C=O) groups is 1. The average molecular weight is 506 g/mol. The monoisotopic (exact) mass is 505 g/mol. The molecule has 0 spiro atoms. The van der Waals surface area contributed by atoms with Gasteiger partial charge in [0.1, 0.15) is 5.75 Å². The number of benzene rings is 1. The molecular weight excluding hydrogens is 479 g/mol. The van der Waals surface area contributed by atoms with E-state index < -0.39 is 17.6 Å². The van der Waals surface area contributed by atoms with Crippen LogP contribution in [0.3, 0.4) is 0 Å². The third kappa shape index (κ3) is 6.18. The quantitative estimate of drug-likeness (QED) is 0.428. The number of rotatable bonds is 5. The molecule has 35 heavy (non-hydrogen) atoms. The van der Waals surface area contributed by atoms with Gasteiger partial charge in [-0.25, -0.2) is 4.98 Å². The second-order valence-electron chi connectivity index (χ2n) is 9.31. The third-order valence-electron chi connectivity index (χ3n) is 5.47. The van der Waals surface area contributed by atoms with Gasteiger partial charge in [-0.15, -0.1) is 11.3 Å². The maximum absolute atomic E-state index is 13.4. The molecule has 0 unspecified atom stereocenters. The summed E-state index contributed by atoms with van der Waals surface area (Å²) in [6, 6.07) is 7.66. The number of hydrogen-bond acceptors (Lipinski definition) is 5. The Morgan fingerprint density at radius 1 is 1.26 bits per heavy atom. The van der Waals surface area contributed by atoms with E-state index in [1.165, 1.54) is 17.5 Å². The Kier molecular flexibility index (Phi) is 7.14. The molecule has 4 rings (SSSR count). The van der Waals surface area contributed by atoms with Crippen molar-refractivity contribution in [3.05, 3.63) is 69.6 Å². The average Bonchev–Trinajstić information content (AvgIpc) is 3.44. The van der Waals surface area contributed by atoms with E-state index in [2.05, 4.69) is 9.98 Å². The number of nitrogens with zero attached hydrogens (tertiary/aromatic N) is 3. The van der Waals surface area contributed by atoms with Crippen molar-refractivity contribution in [2.45, 2.75) is 57.9 Å². The number of amides is 1. The van der Waals surface area contributed by atoms with E-state index in [1.54, 1.807) is 18.2 Å². The highest BCUT2D eigenvalue weighted by molar-refractivity contribution is 7.09. The smallest absolute Gasteiger partial charge is 0.416 e. The molecule has 186 valence electrons. The standard InChI is InChI=1S/C25H26F3N3O3S/c1-24(2,3)20-15-31(14-17-7-6-12-33-17)23(35-20)30-22(32)18-13-16(25(26,27)28)9-10-19(18)34-21-8-4-5-11-29-21/h4-5,8-11,13,15,17H,6-7,12,14H2,1-3H3/t17-/m1/s1. The van der Waals surface area contributed by atoms with E-state index in [0.717, 1.165) is 35.9 Å². The van der Waals surface area contributed by atoms with Gasteiger partial charge in [-0.05, 0) is 42.5 Å². The zero-order chi connectivity index (χ0) is 25.2. The summed E-state index contributed by atoms with van der Waals surface area (Å²) in [6.45, 7) is 7.34. The van der Waals surface area contributed by atoms with Gasteiger partial charge in [0, 0.05) is 29.9 Å². The summed E-state index contributed by atoms with van der Waals surface area (Å²) in [7, 11) is 0. The van der Waals surface area contributed by atoms with Gasteiger partial charge in [0.15, 0.2) is 4.80 Å². The predicted octanol–water partition coefficient (Wildman–Crippen LogP) is 5.97. The lowest BCUT2D eigenvalue weighted by Crippen LogP contribution is -2.23. The largest absolute Gasteiger partial charge is 0.438 e. The lowest BCUT2D eigenvalue weighted by Gasteiger charge is -2.15. The Morgan fingerprint density at radius 2 is 2.06 bits per heavy atom.